The first-order valence-corrected chi connectivity index (χ1v) is 9.99. The topological polar surface area (TPSA) is 48.7 Å². The Kier molecular flexibility index (Phi) is 6.18. The van der Waals surface area contributed by atoms with E-state index in [0.717, 1.165) is 16.9 Å². The number of anilines is 1. The lowest BCUT2D eigenvalue weighted by molar-refractivity contribution is 0.867. The van der Waals surface area contributed by atoms with Crippen LogP contribution in [0.5, 0.6) is 0 Å². The molecule has 2 aromatic carbocycles. The fourth-order valence-corrected chi connectivity index (χ4v) is 3.77. The third-order valence-electron chi connectivity index (χ3n) is 4.02. The number of halogens is 2. The molecule has 0 aliphatic carbocycles. The molecule has 1 heterocycles. The number of nitriles is 1. The van der Waals surface area contributed by atoms with Crippen LogP contribution in [0.2, 0.25) is 10.0 Å². The summed E-state index contributed by atoms with van der Waals surface area (Å²) in [5.41, 5.74) is 4.17. The number of rotatable bonds is 5. The van der Waals surface area contributed by atoms with Gasteiger partial charge >= 0.3 is 0 Å². The third-order valence-corrected chi connectivity index (χ3v) is 5.45. The predicted octanol–water partition coefficient (Wildman–Crippen LogP) is 7.22. The van der Waals surface area contributed by atoms with E-state index >= 15 is 0 Å². The van der Waals surface area contributed by atoms with Crippen LogP contribution in [-0.4, -0.2) is 4.98 Å². The molecule has 27 heavy (non-hydrogen) atoms. The highest BCUT2D eigenvalue weighted by Gasteiger charge is 2.11. The molecule has 1 aromatic heterocycles. The van der Waals surface area contributed by atoms with Crippen LogP contribution >= 0.6 is 34.5 Å². The summed E-state index contributed by atoms with van der Waals surface area (Å²) in [6.07, 6.45) is 1.68. The van der Waals surface area contributed by atoms with E-state index in [-0.39, 0.29) is 0 Å². The van der Waals surface area contributed by atoms with Crippen molar-refractivity contribution in [1.82, 2.24) is 4.98 Å². The molecule has 0 fully saturated rings. The Morgan fingerprint density at radius 1 is 1.19 bits per heavy atom. The normalized spacial score (nSPS) is 11.5. The van der Waals surface area contributed by atoms with Crippen LogP contribution in [-0.2, 0) is 0 Å². The van der Waals surface area contributed by atoms with Crippen molar-refractivity contribution in [2.75, 3.05) is 5.32 Å². The maximum Gasteiger partial charge on any atom is 0.136 e. The Labute approximate surface area is 172 Å². The van der Waals surface area contributed by atoms with Crippen molar-refractivity contribution in [1.29, 1.82) is 5.26 Å². The Morgan fingerprint density at radius 3 is 2.56 bits per heavy atom. The van der Waals surface area contributed by atoms with E-state index in [1.165, 1.54) is 16.9 Å². The van der Waals surface area contributed by atoms with Crippen molar-refractivity contribution < 1.29 is 0 Å². The Hall–Kier alpha value is -2.32. The van der Waals surface area contributed by atoms with E-state index < -0.39 is 0 Å². The van der Waals surface area contributed by atoms with Gasteiger partial charge in [0.2, 0.25) is 0 Å². The molecule has 3 nitrogen and oxygen atoms in total. The van der Waals surface area contributed by atoms with E-state index in [1.807, 2.05) is 23.6 Å². The van der Waals surface area contributed by atoms with E-state index in [9.17, 15) is 5.26 Å². The van der Waals surface area contributed by atoms with Crippen LogP contribution in [0.4, 0.5) is 5.69 Å². The molecule has 0 spiro atoms. The minimum Gasteiger partial charge on any atom is -0.360 e. The number of aromatic nitrogens is 1. The molecule has 0 saturated carbocycles. The lowest BCUT2D eigenvalue weighted by Gasteiger charge is -2.07. The largest absolute Gasteiger partial charge is 0.360 e. The van der Waals surface area contributed by atoms with Gasteiger partial charge in [0.1, 0.15) is 16.6 Å². The maximum atomic E-state index is 9.51. The van der Waals surface area contributed by atoms with Crippen molar-refractivity contribution in [3.8, 4) is 17.3 Å². The average molecular weight is 414 g/mol. The first-order valence-electron chi connectivity index (χ1n) is 8.36. The summed E-state index contributed by atoms with van der Waals surface area (Å²) in [7, 11) is 0. The molecular weight excluding hydrogens is 397 g/mol. The highest BCUT2D eigenvalue weighted by atomic mass is 35.5. The highest BCUT2D eigenvalue weighted by molar-refractivity contribution is 7.11. The molecule has 3 rings (SSSR count). The molecule has 3 aromatic rings. The van der Waals surface area contributed by atoms with Gasteiger partial charge in [-0.2, -0.15) is 5.26 Å². The first-order chi connectivity index (χ1) is 13.0. The Bertz CT molecular complexity index is 1010. The average Bonchev–Trinajstić information content (AvgIpc) is 3.12. The number of allylic oxidation sites excluding steroid dienone is 1. The van der Waals surface area contributed by atoms with Crippen LogP contribution in [0.1, 0.15) is 30.3 Å². The van der Waals surface area contributed by atoms with Gasteiger partial charge in [-0.15, -0.1) is 11.3 Å². The van der Waals surface area contributed by atoms with Crippen molar-refractivity contribution in [2.24, 2.45) is 0 Å². The molecule has 0 unspecified atom stereocenters. The molecular formula is C21H17Cl2N3S. The van der Waals surface area contributed by atoms with E-state index in [4.69, 9.17) is 23.2 Å². The van der Waals surface area contributed by atoms with Crippen molar-refractivity contribution in [2.45, 2.75) is 19.8 Å². The number of nitrogens with one attached hydrogen (secondary N) is 1. The van der Waals surface area contributed by atoms with Crippen LogP contribution in [0.15, 0.2) is 54.0 Å². The summed E-state index contributed by atoms with van der Waals surface area (Å²) in [6, 6.07) is 15.6. The minimum absolute atomic E-state index is 0.462. The minimum atomic E-state index is 0.462. The van der Waals surface area contributed by atoms with Gasteiger partial charge in [0.25, 0.3) is 0 Å². The molecule has 0 aliphatic heterocycles. The highest BCUT2D eigenvalue weighted by Crippen LogP contribution is 2.32. The molecule has 0 amide bonds. The summed E-state index contributed by atoms with van der Waals surface area (Å²) >= 11 is 13.6. The quantitative estimate of drug-likeness (QED) is 0.449. The zero-order chi connectivity index (χ0) is 19.4. The number of hydrogen-bond donors (Lipinski definition) is 1. The summed E-state index contributed by atoms with van der Waals surface area (Å²) in [5, 5.41) is 16.3. The van der Waals surface area contributed by atoms with Gasteiger partial charge in [-0.25, -0.2) is 4.98 Å². The second-order valence-corrected chi connectivity index (χ2v) is 7.95. The van der Waals surface area contributed by atoms with Crippen LogP contribution in [0.25, 0.3) is 16.8 Å². The number of hydrogen-bond acceptors (Lipinski definition) is 4. The van der Waals surface area contributed by atoms with Crippen LogP contribution in [0, 0.1) is 11.3 Å². The van der Waals surface area contributed by atoms with Gasteiger partial charge in [0.15, 0.2) is 0 Å². The van der Waals surface area contributed by atoms with Crippen molar-refractivity contribution >= 4 is 45.8 Å². The number of benzene rings is 2. The fraction of sp³-hybridized carbons (Fsp3) is 0.143. The third kappa shape index (κ3) is 4.70. The number of thiazole rings is 1. The lowest BCUT2D eigenvalue weighted by Crippen LogP contribution is -1.92. The molecule has 0 atom stereocenters. The van der Waals surface area contributed by atoms with Gasteiger partial charge in [-0.3, -0.25) is 0 Å². The summed E-state index contributed by atoms with van der Waals surface area (Å²) < 4.78 is 0. The SMILES string of the molecule is CC(C)c1ccc(NC=C(C#N)c2nc(-c3ccc(Cl)cc3Cl)cs2)cc1. The molecule has 136 valence electrons. The molecule has 0 saturated heterocycles. The summed E-state index contributed by atoms with van der Waals surface area (Å²) in [4.78, 5) is 4.55. The predicted molar refractivity (Wildman–Crippen MR) is 115 cm³/mol. The smallest absolute Gasteiger partial charge is 0.136 e. The first kappa shape index (κ1) is 19.4. The van der Waals surface area contributed by atoms with E-state index in [2.05, 4.69) is 42.4 Å². The van der Waals surface area contributed by atoms with Gasteiger partial charge < -0.3 is 5.32 Å². The van der Waals surface area contributed by atoms with E-state index in [0.29, 0.717) is 26.5 Å². The molecule has 0 radical (unpaired) electrons. The molecule has 1 N–H and O–H groups in total. The summed E-state index contributed by atoms with van der Waals surface area (Å²) in [5.74, 6) is 0.484. The number of nitrogens with zero attached hydrogens (tertiary/aromatic N) is 2. The lowest BCUT2D eigenvalue weighted by atomic mass is 10.0. The fourth-order valence-electron chi connectivity index (χ4n) is 2.48. The second kappa shape index (κ2) is 8.58. The second-order valence-electron chi connectivity index (χ2n) is 6.25. The van der Waals surface area contributed by atoms with Crippen molar-refractivity contribution in [3.05, 3.63) is 74.7 Å². The monoisotopic (exact) mass is 413 g/mol. The van der Waals surface area contributed by atoms with Crippen molar-refractivity contribution in [3.63, 3.8) is 0 Å². The Balaban J connectivity index is 1.81. The maximum absolute atomic E-state index is 9.51. The zero-order valence-electron chi connectivity index (χ0n) is 14.8. The summed E-state index contributed by atoms with van der Waals surface area (Å²) in [6.45, 7) is 4.31. The standard InChI is InChI=1S/C21H17Cl2N3S/c1-13(2)14-3-6-17(7-4-14)25-11-15(10-24)21-26-20(12-27-21)18-8-5-16(22)9-19(18)23/h3-9,11-13,25H,1-2H3. The van der Waals surface area contributed by atoms with E-state index in [1.54, 1.807) is 18.3 Å². The van der Waals surface area contributed by atoms with Crippen LogP contribution < -0.4 is 5.32 Å². The van der Waals surface area contributed by atoms with Crippen LogP contribution in [0.3, 0.4) is 0 Å². The molecule has 0 aliphatic rings. The van der Waals surface area contributed by atoms with Gasteiger partial charge in [-0.1, -0.05) is 49.2 Å². The van der Waals surface area contributed by atoms with Gasteiger partial charge in [-0.05, 0) is 41.8 Å². The van der Waals surface area contributed by atoms with Gasteiger partial charge in [0, 0.05) is 27.9 Å². The zero-order valence-corrected chi connectivity index (χ0v) is 17.2. The molecule has 0 bridgehead atoms. The van der Waals surface area contributed by atoms with Gasteiger partial charge in [0.05, 0.1) is 10.7 Å². The Morgan fingerprint density at radius 2 is 1.93 bits per heavy atom. The molecule has 6 heteroatoms.